The van der Waals surface area contributed by atoms with Crippen molar-refractivity contribution in [1.82, 2.24) is 5.32 Å². The van der Waals surface area contributed by atoms with Gasteiger partial charge in [0.25, 0.3) is 0 Å². The third kappa shape index (κ3) is 53.7. The molecule has 2 atom stereocenters. The lowest BCUT2D eigenvalue weighted by molar-refractivity contribution is -0.143. The van der Waals surface area contributed by atoms with Gasteiger partial charge in [-0.25, -0.2) is 0 Å². The highest BCUT2D eigenvalue weighted by Crippen LogP contribution is 2.17. The molecule has 0 heterocycles. The second-order valence-electron chi connectivity index (χ2n) is 21.0. The fourth-order valence-corrected chi connectivity index (χ4v) is 9.51. The van der Waals surface area contributed by atoms with E-state index in [-0.39, 0.29) is 18.5 Å². The summed E-state index contributed by atoms with van der Waals surface area (Å²) in [6.45, 7) is 4.92. The number of hydrogen-bond acceptors (Lipinski definition) is 5. The van der Waals surface area contributed by atoms with E-state index in [2.05, 4.69) is 43.5 Å². The van der Waals surface area contributed by atoms with E-state index in [0.717, 1.165) is 44.9 Å². The van der Waals surface area contributed by atoms with E-state index in [4.69, 9.17) is 4.74 Å². The summed E-state index contributed by atoms with van der Waals surface area (Å²) >= 11 is 0. The van der Waals surface area contributed by atoms with Gasteiger partial charge in [-0.3, -0.25) is 9.59 Å². The first-order valence-corrected chi connectivity index (χ1v) is 30.6. The van der Waals surface area contributed by atoms with Crippen LogP contribution in [0, 0.1) is 0 Å². The summed E-state index contributed by atoms with van der Waals surface area (Å²) in [7, 11) is 0. The Morgan fingerprint density at radius 3 is 1.07 bits per heavy atom. The Morgan fingerprint density at radius 1 is 0.397 bits per heavy atom. The van der Waals surface area contributed by atoms with Crippen LogP contribution in [0.25, 0.3) is 0 Å². The van der Waals surface area contributed by atoms with E-state index in [1.165, 1.54) is 257 Å². The number of carbonyl (C=O) groups excluding carboxylic acids is 2. The van der Waals surface area contributed by atoms with Crippen LogP contribution in [0.15, 0.2) is 24.3 Å². The van der Waals surface area contributed by atoms with Crippen LogP contribution < -0.4 is 5.32 Å². The SMILES string of the molecule is CCCCC/C=C\CCCCCCCC(=O)OCCCCCCCCCCCCCC/C=C\CCCCCCCCCCCCCCCC(=O)NC(CO)C(O)CCCCCCCCCCCC. The van der Waals surface area contributed by atoms with Crippen molar-refractivity contribution in [3.8, 4) is 0 Å². The van der Waals surface area contributed by atoms with E-state index >= 15 is 0 Å². The number of aliphatic hydroxyl groups is 2. The molecule has 0 aromatic heterocycles. The fraction of sp³-hybridized carbons (Fsp3) is 0.903. The summed E-state index contributed by atoms with van der Waals surface area (Å²) in [6, 6.07) is -0.538. The number of esters is 1. The molecule has 1 amide bonds. The molecular weight excluding hydrogens is 839 g/mol. The highest BCUT2D eigenvalue weighted by atomic mass is 16.5. The third-order valence-electron chi connectivity index (χ3n) is 14.2. The average molecular weight is 959 g/mol. The smallest absolute Gasteiger partial charge is 0.305 e. The number of amides is 1. The van der Waals surface area contributed by atoms with Gasteiger partial charge in [0.05, 0.1) is 25.4 Å². The Balaban J connectivity index is 3.35. The van der Waals surface area contributed by atoms with Gasteiger partial charge < -0.3 is 20.3 Å². The first kappa shape index (κ1) is 66.3. The Bertz CT molecular complexity index is 1060. The van der Waals surface area contributed by atoms with Crippen LogP contribution in [0.5, 0.6) is 0 Å². The standard InChI is InChI=1S/C62H119NO5/c1-3-5-7-9-11-13-15-36-40-44-48-52-56-62(67)68-57-53-49-45-41-37-34-32-30-28-26-24-22-20-18-16-17-19-21-23-25-27-29-31-33-35-39-43-47-51-55-61(66)63-59(58-64)60(65)54-50-46-42-38-14-12-10-8-6-4-2/h11,13,16,18,59-60,64-65H,3-10,12,14-15,17,19-58H2,1-2H3,(H,63,66)/b13-11-,18-16-. The highest BCUT2D eigenvalue weighted by molar-refractivity contribution is 5.76. The predicted molar refractivity (Wildman–Crippen MR) is 296 cm³/mol. The zero-order chi connectivity index (χ0) is 49.3. The second kappa shape index (κ2) is 57.9. The fourth-order valence-electron chi connectivity index (χ4n) is 9.51. The lowest BCUT2D eigenvalue weighted by atomic mass is 10.0. The summed E-state index contributed by atoms with van der Waals surface area (Å²) in [5.74, 6) is -0.0285. The normalized spacial score (nSPS) is 12.7. The van der Waals surface area contributed by atoms with E-state index < -0.39 is 12.1 Å². The summed E-state index contributed by atoms with van der Waals surface area (Å²) < 4.78 is 5.47. The molecule has 0 aliphatic carbocycles. The molecule has 6 nitrogen and oxygen atoms in total. The molecule has 402 valence electrons. The van der Waals surface area contributed by atoms with Crippen LogP contribution in [0.1, 0.15) is 335 Å². The zero-order valence-corrected chi connectivity index (χ0v) is 45.9. The molecule has 68 heavy (non-hydrogen) atoms. The predicted octanol–water partition coefficient (Wildman–Crippen LogP) is 19.0. The van der Waals surface area contributed by atoms with Crippen molar-refractivity contribution in [2.75, 3.05) is 13.2 Å². The maximum Gasteiger partial charge on any atom is 0.305 e. The van der Waals surface area contributed by atoms with Crippen LogP contribution in [0.4, 0.5) is 0 Å². The van der Waals surface area contributed by atoms with Gasteiger partial charge in [0.1, 0.15) is 0 Å². The Labute approximate surface area is 424 Å². The van der Waals surface area contributed by atoms with Crippen molar-refractivity contribution in [2.45, 2.75) is 347 Å². The van der Waals surface area contributed by atoms with Crippen molar-refractivity contribution >= 4 is 11.9 Å². The van der Waals surface area contributed by atoms with Crippen LogP contribution in [0.2, 0.25) is 0 Å². The van der Waals surface area contributed by atoms with Crippen molar-refractivity contribution in [3.05, 3.63) is 24.3 Å². The molecule has 0 aliphatic heterocycles. The van der Waals surface area contributed by atoms with E-state index in [1.807, 2.05) is 0 Å². The number of aliphatic hydroxyl groups excluding tert-OH is 2. The van der Waals surface area contributed by atoms with Crippen LogP contribution >= 0.6 is 0 Å². The van der Waals surface area contributed by atoms with E-state index in [0.29, 0.717) is 25.9 Å². The van der Waals surface area contributed by atoms with Gasteiger partial charge in [-0.1, -0.05) is 269 Å². The van der Waals surface area contributed by atoms with Gasteiger partial charge in [-0.2, -0.15) is 0 Å². The lowest BCUT2D eigenvalue weighted by Crippen LogP contribution is -2.45. The minimum Gasteiger partial charge on any atom is -0.466 e. The first-order chi connectivity index (χ1) is 33.5. The van der Waals surface area contributed by atoms with Gasteiger partial charge in [-0.05, 0) is 77.0 Å². The molecule has 0 bridgehead atoms. The number of allylic oxidation sites excluding steroid dienone is 4. The maximum absolute atomic E-state index is 12.4. The van der Waals surface area contributed by atoms with E-state index in [9.17, 15) is 19.8 Å². The number of hydrogen-bond donors (Lipinski definition) is 3. The molecule has 0 rings (SSSR count). The molecule has 0 saturated carbocycles. The average Bonchev–Trinajstić information content (AvgIpc) is 3.34. The molecule has 0 aliphatic rings. The third-order valence-corrected chi connectivity index (χ3v) is 14.2. The van der Waals surface area contributed by atoms with Crippen LogP contribution in [-0.4, -0.2) is 47.4 Å². The molecule has 0 aromatic carbocycles. The highest BCUT2D eigenvalue weighted by Gasteiger charge is 2.20. The summed E-state index contributed by atoms with van der Waals surface area (Å²) in [5, 5.41) is 23.2. The van der Waals surface area contributed by atoms with Crippen molar-refractivity contribution < 1.29 is 24.5 Å². The molecular formula is C62H119NO5. The topological polar surface area (TPSA) is 95.9 Å². The minimum atomic E-state index is -0.661. The van der Waals surface area contributed by atoms with Crippen molar-refractivity contribution in [3.63, 3.8) is 0 Å². The van der Waals surface area contributed by atoms with E-state index in [1.54, 1.807) is 0 Å². The molecule has 0 saturated heterocycles. The van der Waals surface area contributed by atoms with Crippen LogP contribution in [0.3, 0.4) is 0 Å². The monoisotopic (exact) mass is 958 g/mol. The maximum atomic E-state index is 12.4. The van der Waals surface area contributed by atoms with Crippen molar-refractivity contribution in [1.29, 1.82) is 0 Å². The van der Waals surface area contributed by atoms with Crippen LogP contribution in [-0.2, 0) is 14.3 Å². The molecule has 3 N–H and O–H groups in total. The Hall–Kier alpha value is -1.66. The number of carbonyl (C=O) groups is 2. The zero-order valence-electron chi connectivity index (χ0n) is 45.9. The molecule has 0 spiro atoms. The summed E-state index contributed by atoms with van der Waals surface area (Å²) in [5.41, 5.74) is 0. The van der Waals surface area contributed by atoms with Gasteiger partial charge >= 0.3 is 5.97 Å². The molecule has 0 radical (unpaired) electrons. The number of unbranched alkanes of at least 4 members (excludes halogenated alkanes) is 42. The largest absolute Gasteiger partial charge is 0.466 e. The van der Waals surface area contributed by atoms with Crippen molar-refractivity contribution in [2.24, 2.45) is 0 Å². The van der Waals surface area contributed by atoms with Gasteiger partial charge in [0, 0.05) is 12.8 Å². The molecule has 0 fully saturated rings. The summed E-state index contributed by atoms with van der Waals surface area (Å²) in [4.78, 5) is 24.4. The van der Waals surface area contributed by atoms with Gasteiger partial charge in [0.15, 0.2) is 0 Å². The molecule has 6 heteroatoms. The molecule has 2 unspecified atom stereocenters. The quantitative estimate of drug-likeness (QED) is 0.0321. The molecule has 0 aromatic rings. The Morgan fingerprint density at radius 2 is 0.691 bits per heavy atom. The second-order valence-corrected chi connectivity index (χ2v) is 21.0. The lowest BCUT2D eigenvalue weighted by Gasteiger charge is -2.22. The van der Waals surface area contributed by atoms with Gasteiger partial charge in [0.2, 0.25) is 5.91 Å². The number of rotatable bonds is 57. The number of nitrogens with one attached hydrogen (secondary N) is 1. The minimum absolute atomic E-state index is 0.00637. The Kier molecular flexibility index (Phi) is 56.5. The first-order valence-electron chi connectivity index (χ1n) is 30.6. The summed E-state index contributed by atoms with van der Waals surface area (Å²) in [6.07, 6.45) is 70.6. The van der Waals surface area contributed by atoms with Gasteiger partial charge in [-0.15, -0.1) is 0 Å². The number of ether oxygens (including phenoxy) is 1.